The van der Waals surface area contributed by atoms with E-state index in [4.69, 9.17) is 23.2 Å². The second-order valence-electron chi connectivity index (χ2n) is 7.35. The van der Waals surface area contributed by atoms with Gasteiger partial charge in [-0.25, -0.2) is 14.5 Å². The molecule has 0 spiro atoms. The van der Waals surface area contributed by atoms with Crippen molar-refractivity contribution in [1.82, 2.24) is 25.3 Å². The lowest BCUT2D eigenvalue weighted by Gasteiger charge is -2.15. The predicted octanol–water partition coefficient (Wildman–Crippen LogP) is 3.69. The van der Waals surface area contributed by atoms with Gasteiger partial charge in [0.2, 0.25) is 0 Å². The summed E-state index contributed by atoms with van der Waals surface area (Å²) in [5.74, 6) is -1.01. The van der Waals surface area contributed by atoms with E-state index in [9.17, 15) is 14.7 Å². The van der Waals surface area contributed by atoms with Crippen molar-refractivity contribution in [3.8, 4) is 0 Å². The van der Waals surface area contributed by atoms with Crippen LogP contribution in [0.2, 0.25) is 10.0 Å². The molecular weight excluding hydrogens is 467 g/mol. The molecule has 3 rings (SSSR count). The maximum atomic E-state index is 12.5. The Hall–Kier alpha value is -3.17. The number of unbranched alkanes of at least 4 members (excludes halogenated alkanes) is 2. The maximum Gasteiger partial charge on any atom is 0.328 e. The number of carbonyl (C=O) groups excluding carboxylic acids is 1. The van der Waals surface area contributed by atoms with E-state index in [-0.39, 0.29) is 22.2 Å². The van der Waals surface area contributed by atoms with Crippen molar-refractivity contribution < 1.29 is 14.7 Å². The Balaban J connectivity index is 1.45. The van der Waals surface area contributed by atoms with Crippen molar-refractivity contribution in [3.63, 3.8) is 0 Å². The van der Waals surface area contributed by atoms with Gasteiger partial charge in [-0.3, -0.25) is 4.79 Å². The number of pyridine rings is 1. The molecule has 0 aliphatic rings. The first-order valence-electron chi connectivity index (χ1n) is 10.5. The fourth-order valence-electron chi connectivity index (χ4n) is 3.15. The fourth-order valence-corrected chi connectivity index (χ4v) is 3.72. The number of hydrogen-bond acceptors (Lipinski definition) is 6. The molecule has 1 atom stereocenters. The van der Waals surface area contributed by atoms with Crippen molar-refractivity contribution in [2.45, 2.75) is 38.3 Å². The summed E-state index contributed by atoms with van der Waals surface area (Å²) in [6.45, 7) is 0.753. The molecule has 0 fully saturated rings. The number of anilines is 1. The van der Waals surface area contributed by atoms with E-state index in [1.165, 1.54) is 16.8 Å². The monoisotopic (exact) mass is 490 g/mol. The molecule has 0 aliphatic heterocycles. The zero-order valence-corrected chi connectivity index (χ0v) is 19.3. The molecule has 11 heteroatoms. The second kappa shape index (κ2) is 12.2. The maximum absolute atomic E-state index is 12.5. The first-order valence-corrected chi connectivity index (χ1v) is 11.2. The van der Waals surface area contributed by atoms with Crippen molar-refractivity contribution in [1.29, 1.82) is 0 Å². The Kier molecular flexibility index (Phi) is 9.03. The zero-order valence-electron chi connectivity index (χ0n) is 17.7. The number of aliphatic carboxylic acids is 1. The van der Waals surface area contributed by atoms with E-state index in [1.54, 1.807) is 18.5 Å². The molecule has 9 nitrogen and oxygen atoms in total. The highest BCUT2D eigenvalue weighted by molar-refractivity contribution is 6.39. The first kappa shape index (κ1) is 24.5. The normalized spacial score (nSPS) is 11.7. The van der Waals surface area contributed by atoms with Crippen LogP contribution in [-0.4, -0.2) is 49.5 Å². The van der Waals surface area contributed by atoms with E-state index in [2.05, 4.69) is 25.9 Å². The summed E-state index contributed by atoms with van der Waals surface area (Å²) < 4.78 is 1.41. The Morgan fingerprint density at radius 1 is 1.06 bits per heavy atom. The molecule has 0 saturated heterocycles. The van der Waals surface area contributed by atoms with Crippen LogP contribution in [0.25, 0.3) is 0 Å². The number of carboxylic acids is 1. The predicted molar refractivity (Wildman–Crippen MR) is 126 cm³/mol. The van der Waals surface area contributed by atoms with Gasteiger partial charge in [-0.1, -0.05) is 47.0 Å². The van der Waals surface area contributed by atoms with Crippen LogP contribution in [0.4, 0.5) is 5.82 Å². The lowest BCUT2D eigenvalue weighted by atomic mass is 10.1. The molecule has 1 aromatic carbocycles. The van der Waals surface area contributed by atoms with Gasteiger partial charge in [-0.05, 0) is 43.5 Å². The molecule has 0 radical (unpaired) electrons. The summed E-state index contributed by atoms with van der Waals surface area (Å²) in [7, 11) is 0. The molecule has 2 aromatic heterocycles. The number of carbonyl (C=O) groups is 2. The quantitative estimate of drug-likeness (QED) is 0.331. The number of hydrogen-bond donors (Lipinski definition) is 3. The largest absolute Gasteiger partial charge is 0.480 e. The van der Waals surface area contributed by atoms with Crippen molar-refractivity contribution in [2.75, 3.05) is 11.9 Å². The first-order chi connectivity index (χ1) is 15.9. The molecule has 33 heavy (non-hydrogen) atoms. The number of amides is 1. The average Bonchev–Trinajstić information content (AvgIpc) is 3.23. The van der Waals surface area contributed by atoms with Gasteiger partial charge in [0, 0.05) is 18.9 Å². The van der Waals surface area contributed by atoms with Gasteiger partial charge in [-0.2, -0.15) is 0 Å². The van der Waals surface area contributed by atoms with Crippen LogP contribution in [0.3, 0.4) is 0 Å². The number of carboxylic acid groups (broad SMARTS) is 1. The van der Waals surface area contributed by atoms with Gasteiger partial charge < -0.3 is 15.7 Å². The Morgan fingerprint density at radius 2 is 1.85 bits per heavy atom. The number of aryl methyl sites for hydroxylation is 1. The van der Waals surface area contributed by atoms with E-state index >= 15 is 0 Å². The summed E-state index contributed by atoms with van der Waals surface area (Å²) in [5, 5.41) is 23.6. The number of halogens is 2. The van der Waals surface area contributed by atoms with Gasteiger partial charge in [0.15, 0.2) is 0 Å². The SMILES string of the molecule is O=C(N[C@@H](Cn1cc(CCCCCNc2ccccn2)nn1)C(=O)O)c1c(Cl)cccc1Cl. The molecular formula is C22H24Cl2N6O3. The molecule has 174 valence electrons. The molecule has 0 unspecified atom stereocenters. The Labute approximate surface area is 201 Å². The fraction of sp³-hybridized carbons (Fsp3) is 0.318. The van der Waals surface area contributed by atoms with Crippen LogP contribution in [0.1, 0.15) is 35.3 Å². The molecule has 0 saturated carbocycles. The average molecular weight is 491 g/mol. The van der Waals surface area contributed by atoms with Crippen LogP contribution in [0.15, 0.2) is 48.8 Å². The summed E-state index contributed by atoms with van der Waals surface area (Å²) >= 11 is 12.1. The van der Waals surface area contributed by atoms with Gasteiger partial charge in [-0.15, -0.1) is 5.10 Å². The second-order valence-corrected chi connectivity index (χ2v) is 8.16. The van der Waals surface area contributed by atoms with Crippen LogP contribution in [-0.2, 0) is 17.8 Å². The zero-order chi connectivity index (χ0) is 23.6. The van der Waals surface area contributed by atoms with Gasteiger partial charge in [0.1, 0.15) is 11.9 Å². The standard InChI is InChI=1S/C22H24Cl2N6O3/c23-16-8-6-9-17(24)20(16)21(31)27-18(22(32)33)14-30-13-15(28-29-30)7-2-1-4-11-25-19-10-3-5-12-26-19/h3,5-6,8-10,12-13,18H,1-2,4,7,11,14H2,(H,25,26)(H,27,31)(H,32,33)/t18-/m0/s1. The smallest absolute Gasteiger partial charge is 0.328 e. The molecule has 3 N–H and O–H groups in total. The highest BCUT2D eigenvalue weighted by Gasteiger charge is 2.24. The number of nitrogens with zero attached hydrogens (tertiary/aromatic N) is 4. The highest BCUT2D eigenvalue weighted by Crippen LogP contribution is 2.24. The number of benzene rings is 1. The summed E-state index contributed by atoms with van der Waals surface area (Å²) in [6.07, 6.45) is 7.08. The van der Waals surface area contributed by atoms with Crippen LogP contribution < -0.4 is 10.6 Å². The van der Waals surface area contributed by atoms with Gasteiger partial charge >= 0.3 is 5.97 Å². The summed E-state index contributed by atoms with van der Waals surface area (Å²) in [5.41, 5.74) is 0.793. The third kappa shape index (κ3) is 7.44. The highest BCUT2D eigenvalue weighted by atomic mass is 35.5. The number of rotatable bonds is 12. The molecule has 2 heterocycles. The molecule has 1 amide bonds. The third-order valence-corrected chi connectivity index (χ3v) is 5.46. The van der Waals surface area contributed by atoms with E-state index in [0.29, 0.717) is 0 Å². The third-order valence-electron chi connectivity index (χ3n) is 4.83. The molecule has 0 bridgehead atoms. The van der Waals surface area contributed by atoms with E-state index in [0.717, 1.165) is 43.7 Å². The molecule has 3 aromatic rings. The summed E-state index contributed by atoms with van der Waals surface area (Å²) in [6, 6.07) is 9.13. The number of nitrogens with one attached hydrogen (secondary N) is 2. The van der Waals surface area contributed by atoms with Crippen molar-refractivity contribution in [3.05, 3.63) is 70.1 Å². The minimum atomic E-state index is -1.22. The number of aromatic nitrogens is 4. The van der Waals surface area contributed by atoms with Crippen LogP contribution >= 0.6 is 23.2 Å². The molecule has 0 aliphatic carbocycles. The van der Waals surface area contributed by atoms with Crippen LogP contribution in [0.5, 0.6) is 0 Å². The van der Waals surface area contributed by atoms with Crippen LogP contribution in [0, 0.1) is 0 Å². The lowest BCUT2D eigenvalue weighted by Crippen LogP contribution is -2.44. The van der Waals surface area contributed by atoms with Gasteiger partial charge in [0.25, 0.3) is 5.91 Å². The minimum Gasteiger partial charge on any atom is -0.480 e. The Bertz CT molecular complexity index is 1060. The lowest BCUT2D eigenvalue weighted by molar-refractivity contribution is -0.139. The topological polar surface area (TPSA) is 122 Å². The summed E-state index contributed by atoms with van der Waals surface area (Å²) in [4.78, 5) is 28.4. The van der Waals surface area contributed by atoms with E-state index in [1.807, 2.05) is 18.2 Å². The van der Waals surface area contributed by atoms with E-state index < -0.39 is 17.9 Å². The minimum absolute atomic E-state index is 0.0314. The van der Waals surface area contributed by atoms with Gasteiger partial charge in [0.05, 0.1) is 27.8 Å². The van der Waals surface area contributed by atoms with Crippen molar-refractivity contribution in [2.24, 2.45) is 0 Å². The Morgan fingerprint density at radius 3 is 2.55 bits per heavy atom. The van der Waals surface area contributed by atoms with Crippen molar-refractivity contribution >= 4 is 40.9 Å².